The van der Waals surface area contributed by atoms with E-state index in [1.165, 1.54) is 6.07 Å². The zero-order valence-electron chi connectivity index (χ0n) is 20.5. The highest BCUT2D eigenvalue weighted by Crippen LogP contribution is 2.27. The molecule has 0 aliphatic heterocycles. The van der Waals surface area contributed by atoms with Crippen molar-refractivity contribution in [2.75, 3.05) is 4.72 Å². The summed E-state index contributed by atoms with van der Waals surface area (Å²) in [6, 6.07) is 16.9. The average molecular weight is 558 g/mol. The van der Waals surface area contributed by atoms with Gasteiger partial charge in [-0.15, -0.1) is 0 Å². The van der Waals surface area contributed by atoms with Crippen molar-refractivity contribution < 1.29 is 8.42 Å². The van der Waals surface area contributed by atoms with Crippen LogP contribution >= 0.6 is 11.6 Å². The molecule has 6 rings (SSSR count). The molecule has 0 bridgehead atoms. The van der Waals surface area contributed by atoms with Gasteiger partial charge in [-0.1, -0.05) is 29.8 Å². The second kappa shape index (κ2) is 9.61. The van der Waals surface area contributed by atoms with Crippen LogP contribution in [0.4, 0.5) is 5.69 Å². The van der Waals surface area contributed by atoms with Crippen molar-refractivity contribution in [3.05, 3.63) is 106 Å². The van der Waals surface area contributed by atoms with Crippen molar-refractivity contribution in [1.82, 2.24) is 29.7 Å². The Hall–Kier alpha value is -4.61. The predicted octanol–water partition coefficient (Wildman–Crippen LogP) is 4.54. The Morgan fingerprint density at radius 3 is 2.64 bits per heavy atom. The molecule has 6 aromatic rings. The third-order valence-electron chi connectivity index (χ3n) is 6.23. The molecule has 0 fully saturated rings. The van der Waals surface area contributed by atoms with Gasteiger partial charge in [0.15, 0.2) is 5.65 Å². The number of nitrogens with one attached hydrogen (secondary N) is 2. The molecule has 0 aliphatic carbocycles. The summed E-state index contributed by atoms with van der Waals surface area (Å²) in [5, 5.41) is 6.01. The first kappa shape index (κ1) is 24.7. The number of H-pyrrole nitrogens is 1. The highest BCUT2D eigenvalue weighted by Gasteiger charge is 2.20. The minimum absolute atomic E-state index is 0.0675. The van der Waals surface area contributed by atoms with Gasteiger partial charge in [0, 0.05) is 40.3 Å². The minimum Gasteiger partial charge on any atom is -0.306 e. The molecule has 0 radical (unpaired) electrons. The zero-order valence-corrected chi connectivity index (χ0v) is 22.0. The molecule has 0 unspecified atom stereocenters. The maximum Gasteiger partial charge on any atom is 0.264 e. The van der Waals surface area contributed by atoms with Crippen molar-refractivity contribution in [2.45, 2.75) is 18.4 Å². The predicted molar refractivity (Wildman–Crippen MR) is 149 cm³/mol. The maximum atomic E-state index is 13.3. The molecule has 0 atom stereocenters. The number of aromatic nitrogens is 6. The van der Waals surface area contributed by atoms with E-state index in [1.807, 2.05) is 0 Å². The lowest BCUT2D eigenvalue weighted by Crippen LogP contribution is -2.14. The maximum absolute atomic E-state index is 13.3. The van der Waals surface area contributed by atoms with E-state index < -0.39 is 10.0 Å². The van der Waals surface area contributed by atoms with Crippen LogP contribution in [-0.4, -0.2) is 38.1 Å². The van der Waals surface area contributed by atoms with Gasteiger partial charge < -0.3 is 4.98 Å². The van der Waals surface area contributed by atoms with E-state index in [9.17, 15) is 13.2 Å². The summed E-state index contributed by atoms with van der Waals surface area (Å²) in [6.07, 6.45) is 4.78. The number of rotatable bonds is 6. The smallest absolute Gasteiger partial charge is 0.264 e. The topological polar surface area (TPSA) is 136 Å². The highest BCUT2D eigenvalue weighted by molar-refractivity contribution is 7.93. The number of benzene rings is 2. The molecular weight excluding hydrogens is 538 g/mol. The van der Waals surface area contributed by atoms with Gasteiger partial charge in [-0.05, 0) is 55.0 Å². The lowest BCUT2D eigenvalue weighted by molar-refractivity contribution is 0.602. The zero-order chi connectivity index (χ0) is 27.1. The van der Waals surface area contributed by atoms with E-state index >= 15 is 0 Å². The fourth-order valence-electron chi connectivity index (χ4n) is 4.43. The van der Waals surface area contributed by atoms with E-state index in [2.05, 4.69) is 29.8 Å². The van der Waals surface area contributed by atoms with Crippen molar-refractivity contribution >= 4 is 49.2 Å². The Morgan fingerprint density at radius 1 is 1.03 bits per heavy atom. The summed E-state index contributed by atoms with van der Waals surface area (Å²) >= 11 is 6.51. The van der Waals surface area contributed by atoms with Gasteiger partial charge in [-0.25, -0.2) is 18.1 Å². The second-order valence-electron chi connectivity index (χ2n) is 8.84. The normalized spacial score (nSPS) is 11.7. The molecule has 194 valence electrons. The van der Waals surface area contributed by atoms with Crippen LogP contribution in [-0.2, 0) is 16.6 Å². The van der Waals surface area contributed by atoms with Gasteiger partial charge in [-0.3, -0.25) is 19.5 Å². The Bertz CT molecular complexity index is 2040. The molecule has 2 aromatic carbocycles. The van der Waals surface area contributed by atoms with Crippen LogP contribution in [0.25, 0.3) is 33.3 Å². The van der Waals surface area contributed by atoms with Crippen molar-refractivity contribution in [1.29, 1.82) is 0 Å². The summed E-state index contributed by atoms with van der Waals surface area (Å²) < 4.78 is 30.8. The number of nitrogens with zero attached hydrogens (tertiary/aromatic N) is 5. The molecule has 0 spiro atoms. The lowest BCUT2D eigenvalue weighted by atomic mass is 10.2. The SMILES string of the molecule is Cc1nn(Cc2cc(NS(=O)(=O)c3cccc4cccnc34)ccc2Cl)c2nc(-c3ccncc3)[nH]c(=O)c12. The number of para-hydroxylation sites is 1. The number of sulfonamides is 1. The van der Waals surface area contributed by atoms with E-state index in [-0.39, 0.29) is 17.0 Å². The van der Waals surface area contributed by atoms with Crippen LogP contribution in [0.15, 0.2) is 88.9 Å². The Balaban J connectivity index is 1.37. The fraction of sp³-hybridized carbons (Fsp3) is 0.0741. The third-order valence-corrected chi connectivity index (χ3v) is 8.02. The van der Waals surface area contributed by atoms with E-state index in [0.29, 0.717) is 55.3 Å². The molecule has 0 saturated carbocycles. The quantitative estimate of drug-likeness (QED) is 0.307. The number of halogens is 1. The number of fused-ring (bicyclic) bond motifs is 2. The number of aryl methyl sites for hydroxylation is 1. The van der Waals surface area contributed by atoms with Gasteiger partial charge in [0.25, 0.3) is 15.6 Å². The van der Waals surface area contributed by atoms with Gasteiger partial charge in [0.05, 0.1) is 17.8 Å². The van der Waals surface area contributed by atoms with Gasteiger partial charge in [0.1, 0.15) is 16.1 Å². The van der Waals surface area contributed by atoms with Gasteiger partial charge in [-0.2, -0.15) is 5.10 Å². The van der Waals surface area contributed by atoms with Crippen LogP contribution < -0.4 is 10.3 Å². The Labute approximate surface area is 227 Å². The van der Waals surface area contributed by atoms with Crippen molar-refractivity contribution in [3.8, 4) is 11.4 Å². The average Bonchev–Trinajstić information content (AvgIpc) is 3.25. The molecule has 12 heteroatoms. The van der Waals surface area contributed by atoms with Gasteiger partial charge >= 0.3 is 0 Å². The fourth-order valence-corrected chi connectivity index (χ4v) is 5.84. The molecule has 2 N–H and O–H groups in total. The summed E-state index contributed by atoms with van der Waals surface area (Å²) in [7, 11) is -3.96. The molecule has 0 amide bonds. The summed E-state index contributed by atoms with van der Waals surface area (Å²) in [4.78, 5) is 28.7. The molecular formula is C27H20ClN7O3S. The number of hydrogen-bond donors (Lipinski definition) is 2. The molecule has 4 aromatic heterocycles. The minimum atomic E-state index is -3.96. The highest BCUT2D eigenvalue weighted by atomic mass is 35.5. The summed E-state index contributed by atoms with van der Waals surface area (Å²) in [6.45, 7) is 1.88. The Morgan fingerprint density at radius 2 is 1.82 bits per heavy atom. The first-order valence-electron chi connectivity index (χ1n) is 11.8. The summed E-state index contributed by atoms with van der Waals surface area (Å²) in [5.41, 5.74) is 2.56. The number of hydrogen-bond acceptors (Lipinski definition) is 7. The van der Waals surface area contributed by atoms with Crippen LogP contribution in [0, 0.1) is 6.92 Å². The first-order chi connectivity index (χ1) is 18.8. The second-order valence-corrected chi connectivity index (χ2v) is 10.9. The van der Waals surface area contributed by atoms with Crippen molar-refractivity contribution in [2.24, 2.45) is 0 Å². The van der Waals surface area contributed by atoms with E-state index in [4.69, 9.17) is 11.6 Å². The largest absolute Gasteiger partial charge is 0.306 e. The first-order valence-corrected chi connectivity index (χ1v) is 13.7. The molecule has 39 heavy (non-hydrogen) atoms. The lowest BCUT2D eigenvalue weighted by Gasteiger charge is -2.12. The Kier molecular flexibility index (Phi) is 6.09. The molecule has 10 nitrogen and oxygen atoms in total. The van der Waals surface area contributed by atoms with Crippen LogP contribution in [0.3, 0.4) is 0 Å². The molecule has 0 saturated heterocycles. The van der Waals surface area contributed by atoms with Crippen molar-refractivity contribution in [3.63, 3.8) is 0 Å². The van der Waals surface area contributed by atoms with E-state index in [1.54, 1.807) is 84.8 Å². The monoisotopic (exact) mass is 557 g/mol. The van der Waals surface area contributed by atoms with E-state index in [0.717, 1.165) is 0 Å². The number of aromatic amines is 1. The molecule has 0 aliphatic rings. The summed E-state index contributed by atoms with van der Waals surface area (Å²) in [5.74, 6) is 0.382. The third kappa shape index (κ3) is 4.62. The van der Waals surface area contributed by atoms with Gasteiger partial charge in [0.2, 0.25) is 0 Å². The number of pyridine rings is 2. The van der Waals surface area contributed by atoms with Crippen LogP contribution in [0.2, 0.25) is 5.02 Å². The number of anilines is 1. The van der Waals surface area contributed by atoms with Crippen LogP contribution in [0.1, 0.15) is 11.3 Å². The van der Waals surface area contributed by atoms with Crippen LogP contribution in [0.5, 0.6) is 0 Å². The standard InChI is InChI=1S/C27H20ClN7O3S/c1-16-23-26(31-25(32-27(23)36)18-9-12-29-13-10-18)35(33-16)15-19-14-20(7-8-21(19)28)34-39(37,38)22-6-2-4-17-5-3-11-30-24(17)22/h2-14,34H,15H2,1H3,(H,31,32,36). The molecule has 4 heterocycles.